The van der Waals surface area contributed by atoms with Gasteiger partial charge in [-0.3, -0.25) is 14.9 Å². The lowest BCUT2D eigenvalue weighted by Gasteiger charge is -2.14. The number of Topliss-reactive ketones (excluding diaryl/α,β-unsaturated/α-hetero) is 1. The van der Waals surface area contributed by atoms with E-state index >= 15 is 0 Å². The van der Waals surface area contributed by atoms with Crippen LogP contribution in [0.3, 0.4) is 0 Å². The van der Waals surface area contributed by atoms with Crippen molar-refractivity contribution in [1.29, 1.82) is 0 Å². The van der Waals surface area contributed by atoms with Crippen LogP contribution in [0.25, 0.3) is 0 Å². The largest absolute Gasteiger partial charge is 0.438 e. The monoisotopic (exact) mass is 330 g/mol. The van der Waals surface area contributed by atoms with Gasteiger partial charge in [0.05, 0.1) is 10.3 Å². The number of hydrogen-bond donors (Lipinski definition) is 1. The van der Waals surface area contributed by atoms with Crippen LogP contribution in [-0.4, -0.2) is 28.2 Å². The molecule has 1 amide bonds. The zero-order chi connectivity index (χ0) is 14.4. The molecule has 1 atom stereocenters. The Morgan fingerprint density at radius 2 is 1.95 bits per heavy atom. The van der Waals surface area contributed by atoms with Crippen LogP contribution < -0.4 is 5.73 Å². The number of alkyl halides is 1. The van der Waals surface area contributed by atoms with E-state index in [1.165, 1.54) is 24.3 Å². The molecule has 0 bridgehead atoms. The molecular weight excluding hydrogens is 320 g/mol. The fourth-order valence-electron chi connectivity index (χ4n) is 1.42. The van der Waals surface area contributed by atoms with Crippen LogP contribution in [0.15, 0.2) is 24.3 Å². The second-order valence-corrected chi connectivity index (χ2v) is 4.21. The standard InChI is InChI=1S/C11H11BrN2O5/c12-6-9(15)10(19-11(13)16)5-7-1-3-8(4-2-7)14(17)18/h1-4,10H,5-6H2,(H2,13,16)/t10-/m0/s1. The summed E-state index contributed by atoms with van der Waals surface area (Å²) in [4.78, 5) is 32.2. The van der Waals surface area contributed by atoms with Crippen LogP contribution in [-0.2, 0) is 16.0 Å². The summed E-state index contributed by atoms with van der Waals surface area (Å²) in [5, 5.41) is 10.5. The van der Waals surface area contributed by atoms with E-state index in [2.05, 4.69) is 15.9 Å². The number of amides is 1. The lowest BCUT2D eigenvalue weighted by Crippen LogP contribution is -2.32. The van der Waals surface area contributed by atoms with Crippen LogP contribution >= 0.6 is 15.9 Å². The van der Waals surface area contributed by atoms with Crippen molar-refractivity contribution in [1.82, 2.24) is 0 Å². The van der Waals surface area contributed by atoms with Crippen molar-refractivity contribution in [2.75, 3.05) is 5.33 Å². The fraction of sp³-hybridized carbons (Fsp3) is 0.273. The van der Waals surface area contributed by atoms with Gasteiger partial charge < -0.3 is 10.5 Å². The Kier molecular flexibility index (Phi) is 5.43. The van der Waals surface area contributed by atoms with Crippen molar-refractivity contribution < 1.29 is 19.2 Å². The van der Waals surface area contributed by atoms with Gasteiger partial charge in [-0.25, -0.2) is 4.79 Å². The van der Waals surface area contributed by atoms with Crippen molar-refractivity contribution in [3.8, 4) is 0 Å². The topological polar surface area (TPSA) is 113 Å². The van der Waals surface area contributed by atoms with Crippen LogP contribution in [0.1, 0.15) is 5.56 Å². The number of nitrogens with zero attached hydrogens (tertiary/aromatic N) is 1. The molecule has 0 spiro atoms. The minimum Gasteiger partial charge on any atom is -0.438 e. The maximum absolute atomic E-state index is 11.5. The number of halogens is 1. The lowest BCUT2D eigenvalue weighted by molar-refractivity contribution is -0.384. The number of nitro groups is 1. The molecule has 1 rings (SSSR count). The second-order valence-electron chi connectivity index (χ2n) is 3.65. The highest BCUT2D eigenvalue weighted by Crippen LogP contribution is 2.14. The fourth-order valence-corrected chi connectivity index (χ4v) is 1.78. The Morgan fingerprint density at radius 3 is 2.37 bits per heavy atom. The van der Waals surface area contributed by atoms with E-state index in [0.29, 0.717) is 5.56 Å². The maximum Gasteiger partial charge on any atom is 0.405 e. The Balaban J connectivity index is 2.81. The number of hydrogen-bond acceptors (Lipinski definition) is 5. The highest BCUT2D eigenvalue weighted by molar-refractivity contribution is 9.09. The number of benzene rings is 1. The molecule has 1 aromatic carbocycles. The average molecular weight is 331 g/mol. The molecule has 0 aromatic heterocycles. The number of nitro benzene ring substituents is 1. The zero-order valence-corrected chi connectivity index (χ0v) is 11.3. The molecule has 0 aliphatic rings. The molecule has 0 radical (unpaired) electrons. The molecule has 19 heavy (non-hydrogen) atoms. The summed E-state index contributed by atoms with van der Waals surface area (Å²) in [5.74, 6) is -0.336. The van der Waals surface area contributed by atoms with E-state index in [9.17, 15) is 19.7 Å². The molecule has 7 nitrogen and oxygen atoms in total. The second kappa shape index (κ2) is 6.83. The summed E-state index contributed by atoms with van der Waals surface area (Å²) in [7, 11) is 0. The summed E-state index contributed by atoms with van der Waals surface area (Å²) in [6, 6.07) is 5.62. The van der Waals surface area contributed by atoms with Crippen LogP contribution in [0.4, 0.5) is 10.5 Å². The summed E-state index contributed by atoms with van der Waals surface area (Å²) >= 11 is 2.98. The number of primary amides is 1. The van der Waals surface area contributed by atoms with Gasteiger partial charge >= 0.3 is 6.09 Å². The third-order valence-electron chi connectivity index (χ3n) is 2.32. The van der Waals surface area contributed by atoms with Crippen LogP contribution in [0, 0.1) is 10.1 Å². The van der Waals surface area contributed by atoms with Gasteiger partial charge in [-0.1, -0.05) is 28.1 Å². The average Bonchev–Trinajstić information content (AvgIpc) is 2.37. The van der Waals surface area contributed by atoms with E-state index in [4.69, 9.17) is 10.5 Å². The molecule has 1 aromatic rings. The van der Waals surface area contributed by atoms with Crippen molar-refractivity contribution >= 4 is 33.5 Å². The molecule has 0 saturated carbocycles. The van der Waals surface area contributed by atoms with Gasteiger partial charge in [0.15, 0.2) is 11.9 Å². The van der Waals surface area contributed by atoms with Crippen LogP contribution in [0.5, 0.6) is 0 Å². The van der Waals surface area contributed by atoms with Gasteiger partial charge in [0, 0.05) is 18.6 Å². The summed E-state index contributed by atoms with van der Waals surface area (Å²) < 4.78 is 4.71. The molecule has 0 aliphatic heterocycles. The van der Waals surface area contributed by atoms with Crippen molar-refractivity contribution in [2.24, 2.45) is 5.73 Å². The maximum atomic E-state index is 11.5. The molecule has 0 saturated heterocycles. The summed E-state index contributed by atoms with van der Waals surface area (Å²) in [5.41, 5.74) is 5.46. The highest BCUT2D eigenvalue weighted by Gasteiger charge is 2.21. The molecule has 0 heterocycles. The van der Waals surface area contributed by atoms with Crippen molar-refractivity contribution in [3.63, 3.8) is 0 Å². The van der Waals surface area contributed by atoms with E-state index < -0.39 is 17.1 Å². The molecule has 0 aliphatic carbocycles. The quantitative estimate of drug-likeness (QED) is 0.483. The van der Waals surface area contributed by atoms with E-state index in [-0.39, 0.29) is 23.2 Å². The number of carbonyl (C=O) groups excluding carboxylic acids is 2. The van der Waals surface area contributed by atoms with Gasteiger partial charge in [-0.05, 0) is 5.56 Å². The number of ketones is 1. The first kappa shape index (κ1) is 15.1. The first-order chi connectivity index (χ1) is 8.93. The first-order valence-corrected chi connectivity index (χ1v) is 6.34. The highest BCUT2D eigenvalue weighted by atomic mass is 79.9. The van der Waals surface area contributed by atoms with Crippen LogP contribution in [0.2, 0.25) is 0 Å². The molecular formula is C11H11BrN2O5. The molecule has 0 fully saturated rings. The normalized spacial score (nSPS) is 11.6. The summed E-state index contributed by atoms with van der Waals surface area (Å²) in [6.45, 7) is 0. The molecule has 0 unspecified atom stereocenters. The molecule has 8 heteroatoms. The van der Waals surface area contributed by atoms with Gasteiger partial charge in [0.25, 0.3) is 5.69 Å². The number of carbonyl (C=O) groups is 2. The van der Waals surface area contributed by atoms with Gasteiger partial charge in [0.2, 0.25) is 0 Å². The SMILES string of the molecule is NC(=O)O[C@@H](Cc1ccc([N+](=O)[O-])cc1)C(=O)CBr. The predicted molar refractivity (Wildman–Crippen MR) is 70.1 cm³/mol. The third-order valence-corrected chi connectivity index (χ3v) is 2.87. The van der Waals surface area contributed by atoms with Crippen molar-refractivity contribution in [3.05, 3.63) is 39.9 Å². The zero-order valence-electron chi connectivity index (χ0n) is 9.74. The Bertz CT molecular complexity index is 488. The minimum absolute atomic E-state index is 0.0257. The number of ether oxygens (including phenoxy) is 1. The Morgan fingerprint density at radius 1 is 1.37 bits per heavy atom. The minimum atomic E-state index is -1.04. The van der Waals surface area contributed by atoms with E-state index in [1.807, 2.05) is 0 Å². The molecule has 102 valence electrons. The Hall–Kier alpha value is -1.96. The number of rotatable bonds is 6. The van der Waals surface area contributed by atoms with Gasteiger partial charge in [0.1, 0.15) is 0 Å². The smallest absolute Gasteiger partial charge is 0.405 e. The third kappa shape index (κ3) is 4.66. The predicted octanol–water partition coefficient (Wildman–Crippen LogP) is 1.57. The summed E-state index contributed by atoms with van der Waals surface area (Å²) in [6.07, 6.45) is -1.93. The molecule has 2 N–H and O–H groups in total. The van der Waals surface area contributed by atoms with Gasteiger partial charge in [-0.15, -0.1) is 0 Å². The van der Waals surface area contributed by atoms with E-state index in [0.717, 1.165) is 0 Å². The van der Waals surface area contributed by atoms with Gasteiger partial charge in [-0.2, -0.15) is 0 Å². The Labute approximate surface area is 117 Å². The first-order valence-electron chi connectivity index (χ1n) is 5.22. The van der Waals surface area contributed by atoms with E-state index in [1.54, 1.807) is 0 Å². The van der Waals surface area contributed by atoms with Crippen molar-refractivity contribution in [2.45, 2.75) is 12.5 Å². The number of non-ortho nitro benzene ring substituents is 1. The lowest BCUT2D eigenvalue weighted by atomic mass is 10.1. The number of nitrogens with two attached hydrogens (primary N) is 1.